The van der Waals surface area contributed by atoms with Crippen molar-refractivity contribution >= 4 is 11.4 Å². The van der Waals surface area contributed by atoms with E-state index in [2.05, 4.69) is 62.1 Å². The van der Waals surface area contributed by atoms with Crippen molar-refractivity contribution in [3.05, 3.63) is 59.2 Å². The Balaban J connectivity index is 2.25. The van der Waals surface area contributed by atoms with Gasteiger partial charge in [0.05, 0.1) is 0 Å². The Labute approximate surface area is 115 Å². The molecule has 0 aliphatic heterocycles. The highest BCUT2D eigenvalue weighted by atomic mass is 15.1. The molecule has 100 valence electrons. The van der Waals surface area contributed by atoms with Crippen LogP contribution in [0, 0.1) is 13.8 Å². The minimum atomic E-state index is 0.857. The van der Waals surface area contributed by atoms with Gasteiger partial charge in [-0.1, -0.05) is 24.3 Å². The lowest BCUT2D eigenvalue weighted by atomic mass is 10.1. The smallest absolute Gasteiger partial charge is 0.0431 e. The summed E-state index contributed by atoms with van der Waals surface area (Å²) in [7, 11) is 0. The van der Waals surface area contributed by atoms with Gasteiger partial charge in [0.25, 0.3) is 0 Å². The van der Waals surface area contributed by atoms with Gasteiger partial charge in [0.15, 0.2) is 0 Å². The van der Waals surface area contributed by atoms with E-state index < -0.39 is 0 Å². The van der Waals surface area contributed by atoms with E-state index in [0.717, 1.165) is 24.3 Å². The van der Waals surface area contributed by atoms with Crippen LogP contribution in [0.1, 0.15) is 23.6 Å². The summed E-state index contributed by atoms with van der Waals surface area (Å²) in [5.41, 5.74) is 11.8. The van der Waals surface area contributed by atoms with E-state index in [4.69, 9.17) is 5.73 Å². The Morgan fingerprint density at radius 1 is 1.00 bits per heavy atom. The van der Waals surface area contributed by atoms with E-state index >= 15 is 0 Å². The molecule has 0 fully saturated rings. The second kappa shape index (κ2) is 5.79. The molecule has 0 bridgehead atoms. The molecular formula is C17H22N2. The van der Waals surface area contributed by atoms with Gasteiger partial charge in [0.1, 0.15) is 0 Å². The van der Waals surface area contributed by atoms with E-state index in [1.54, 1.807) is 0 Å². The minimum Gasteiger partial charge on any atom is -0.399 e. The SMILES string of the molecule is CCN(Cc1ccccc1C)c1ccc(N)c(C)c1. The molecule has 0 unspecified atom stereocenters. The zero-order chi connectivity index (χ0) is 13.8. The molecule has 19 heavy (non-hydrogen) atoms. The van der Waals surface area contributed by atoms with Crippen LogP contribution in [0.25, 0.3) is 0 Å². The third kappa shape index (κ3) is 3.08. The van der Waals surface area contributed by atoms with Crippen molar-refractivity contribution in [1.29, 1.82) is 0 Å². The van der Waals surface area contributed by atoms with Gasteiger partial charge in [-0.15, -0.1) is 0 Å². The number of nitrogen functional groups attached to an aromatic ring is 1. The summed E-state index contributed by atoms with van der Waals surface area (Å²) >= 11 is 0. The van der Waals surface area contributed by atoms with Crippen molar-refractivity contribution in [3.8, 4) is 0 Å². The first-order valence-electron chi connectivity index (χ1n) is 6.77. The molecule has 2 heteroatoms. The first-order valence-corrected chi connectivity index (χ1v) is 6.77. The maximum absolute atomic E-state index is 5.89. The molecule has 2 rings (SSSR count). The number of nitrogens with zero attached hydrogens (tertiary/aromatic N) is 1. The third-order valence-corrected chi connectivity index (χ3v) is 3.62. The van der Waals surface area contributed by atoms with Crippen LogP contribution in [0.4, 0.5) is 11.4 Å². The van der Waals surface area contributed by atoms with E-state index in [1.807, 2.05) is 6.07 Å². The Hall–Kier alpha value is -1.96. The van der Waals surface area contributed by atoms with Crippen LogP contribution in [0.2, 0.25) is 0 Å². The van der Waals surface area contributed by atoms with Gasteiger partial charge in [0.2, 0.25) is 0 Å². The Bertz CT molecular complexity index is 561. The molecule has 2 aromatic rings. The summed E-state index contributed by atoms with van der Waals surface area (Å²) in [6.45, 7) is 8.33. The van der Waals surface area contributed by atoms with Crippen LogP contribution in [-0.2, 0) is 6.54 Å². The van der Waals surface area contributed by atoms with Gasteiger partial charge in [0, 0.05) is 24.5 Å². The fourth-order valence-electron chi connectivity index (χ4n) is 2.24. The molecule has 2 aromatic carbocycles. The predicted octanol–water partition coefficient (Wildman–Crippen LogP) is 3.91. The number of hydrogen-bond donors (Lipinski definition) is 1. The minimum absolute atomic E-state index is 0.857. The van der Waals surface area contributed by atoms with Crippen molar-refractivity contribution in [2.45, 2.75) is 27.3 Å². The summed E-state index contributed by atoms with van der Waals surface area (Å²) < 4.78 is 0. The molecule has 0 atom stereocenters. The standard InChI is InChI=1S/C17H22N2/c1-4-19(12-15-8-6-5-7-13(15)2)16-9-10-17(18)14(3)11-16/h5-11H,4,12,18H2,1-3H3. The third-order valence-electron chi connectivity index (χ3n) is 3.62. The van der Waals surface area contributed by atoms with Crippen molar-refractivity contribution in [3.63, 3.8) is 0 Å². The molecule has 0 aliphatic rings. The monoisotopic (exact) mass is 254 g/mol. The van der Waals surface area contributed by atoms with E-state index in [0.29, 0.717) is 0 Å². The average Bonchev–Trinajstić information content (AvgIpc) is 2.41. The Morgan fingerprint density at radius 3 is 2.37 bits per heavy atom. The lowest BCUT2D eigenvalue weighted by Crippen LogP contribution is -2.22. The molecule has 2 N–H and O–H groups in total. The van der Waals surface area contributed by atoms with Gasteiger partial charge in [-0.2, -0.15) is 0 Å². The maximum Gasteiger partial charge on any atom is 0.0431 e. The second-order valence-electron chi connectivity index (χ2n) is 4.98. The number of nitrogens with two attached hydrogens (primary N) is 1. The number of aryl methyl sites for hydroxylation is 2. The van der Waals surface area contributed by atoms with Crippen molar-refractivity contribution in [2.75, 3.05) is 17.2 Å². The molecule has 0 heterocycles. The van der Waals surface area contributed by atoms with Gasteiger partial charge < -0.3 is 10.6 Å². The Kier molecular flexibility index (Phi) is 4.10. The van der Waals surface area contributed by atoms with Crippen molar-refractivity contribution < 1.29 is 0 Å². The topological polar surface area (TPSA) is 29.3 Å². The Morgan fingerprint density at radius 2 is 1.74 bits per heavy atom. The van der Waals surface area contributed by atoms with E-state index in [1.165, 1.54) is 16.8 Å². The lowest BCUT2D eigenvalue weighted by Gasteiger charge is -2.24. The van der Waals surface area contributed by atoms with Crippen LogP contribution in [-0.4, -0.2) is 6.54 Å². The summed E-state index contributed by atoms with van der Waals surface area (Å²) in [6, 6.07) is 14.8. The normalized spacial score (nSPS) is 10.5. The first-order chi connectivity index (χ1) is 9.11. The molecule has 0 saturated carbocycles. The fraction of sp³-hybridized carbons (Fsp3) is 0.294. The second-order valence-corrected chi connectivity index (χ2v) is 4.98. The average molecular weight is 254 g/mol. The number of anilines is 2. The number of rotatable bonds is 4. The van der Waals surface area contributed by atoms with E-state index in [9.17, 15) is 0 Å². The van der Waals surface area contributed by atoms with Gasteiger partial charge in [-0.3, -0.25) is 0 Å². The molecule has 2 nitrogen and oxygen atoms in total. The molecule has 0 aromatic heterocycles. The number of benzene rings is 2. The highest BCUT2D eigenvalue weighted by molar-refractivity contribution is 5.58. The van der Waals surface area contributed by atoms with Crippen LogP contribution in [0.3, 0.4) is 0 Å². The summed E-state index contributed by atoms with van der Waals surface area (Å²) in [6.07, 6.45) is 0. The molecule has 0 amide bonds. The number of hydrogen-bond acceptors (Lipinski definition) is 2. The zero-order valence-electron chi connectivity index (χ0n) is 12.0. The van der Waals surface area contributed by atoms with Gasteiger partial charge in [-0.25, -0.2) is 0 Å². The van der Waals surface area contributed by atoms with Crippen LogP contribution >= 0.6 is 0 Å². The summed E-state index contributed by atoms with van der Waals surface area (Å²) in [4.78, 5) is 2.37. The highest BCUT2D eigenvalue weighted by Gasteiger charge is 2.07. The molecule has 0 aliphatic carbocycles. The summed E-state index contributed by atoms with van der Waals surface area (Å²) in [5, 5.41) is 0. The quantitative estimate of drug-likeness (QED) is 0.838. The lowest BCUT2D eigenvalue weighted by molar-refractivity contribution is 0.827. The van der Waals surface area contributed by atoms with Crippen molar-refractivity contribution in [1.82, 2.24) is 0 Å². The first kappa shape index (κ1) is 13.5. The molecular weight excluding hydrogens is 232 g/mol. The maximum atomic E-state index is 5.89. The predicted molar refractivity (Wildman–Crippen MR) is 83.5 cm³/mol. The zero-order valence-corrected chi connectivity index (χ0v) is 12.0. The van der Waals surface area contributed by atoms with Crippen LogP contribution in [0.15, 0.2) is 42.5 Å². The van der Waals surface area contributed by atoms with Gasteiger partial charge >= 0.3 is 0 Å². The molecule has 0 spiro atoms. The van der Waals surface area contributed by atoms with Crippen LogP contribution in [0.5, 0.6) is 0 Å². The summed E-state index contributed by atoms with van der Waals surface area (Å²) in [5.74, 6) is 0. The molecule has 0 saturated heterocycles. The van der Waals surface area contributed by atoms with Crippen LogP contribution < -0.4 is 10.6 Å². The van der Waals surface area contributed by atoms with Crippen molar-refractivity contribution in [2.24, 2.45) is 0 Å². The highest BCUT2D eigenvalue weighted by Crippen LogP contribution is 2.22. The van der Waals surface area contributed by atoms with Gasteiger partial charge in [-0.05, 0) is 55.7 Å². The van der Waals surface area contributed by atoms with E-state index in [-0.39, 0.29) is 0 Å². The molecule has 0 radical (unpaired) electrons. The largest absolute Gasteiger partial charge is 0.399 e. The fourth-order valence-corrected chi connectivity index (χ4v) is 2.24.